The summed E-state index contributed by atoms with van der Waals surface area (Å²) in [5, 5.41) is 21.9. The van der Waals surface area contributed by atoms with E-state index in [4.69, 9.17) is 9.47 Å². The van der Waals surface area contributed by atoms with Crippen LogP contribution in [0, 0.1) is 57.2 Å². The highest BCUT2D eigenvalue weighted by atomic mass is 127. The molecule has 18 heteroatoms. The number of thioether (sulfide) groups is 2. The van der Waals surface area contributed by atoms with Crippen molar-refractivity contribution in [3.8, 4) is 0 Å². The Morgan fingerprint density at radius 3 is 1.38 bits per heavy atom. The monoisotopic (exact) mass is 1110 g/mol. The van der Waals surface area contributed by atoms with Gasteiger partial charge in [-0.05, 0) is 111 Å². The highest BCUT2D eigenvalue weighted by molar-refractivity contribution is 14.1. The predicted octanol–water partition coefficient (Wildman–Crippen LogP) is 9.33. The summed E-state index contributed by atoms with van der Waals surface area (Å²) in [6.45, 7) is 13.3. The number of aliphatic hydroxyl groups excluding tert-OH is 2. The van der Waals surface area contributed by atoms with Gasteiger partial charge < -0.3 is 19.7 Å². The summed E-state index contributed by atoms with van der Waals surface area (Å²) in [6, 6.07) is -1.02. The van der Waals surface area contributed by atoms with Crippen LogP contribution in [0.1, 0.15) is 107 Å². The summed E-state index contributed by atoms with van der Waals surface area (Å²) in [6.07, 6.45) is 1.00. The maximum absolute atomic E-state index is 17.3. The topological polar surface area (TPSA) is 161 Å². The van der Waals surface area contributed by atoms with Gasteiger partial charge in [0.25, 0.3) is 0 Å². The molecule has 0 bridgehead atoms. The molecule has 8 rings (SSSR count). The molecule has 8 aliphatic rings. The minimum absolute atomic E-state index is 0.0141. The van der Waals surface area contributed by atoms with Gasteiger partial charge in [-0.25, -0.2) is 22.0 Å². The predicted molar refractivity (Wildman–Crippen MR) is 255 cm³/mol. The van der Waals surface area contributed by atoms with Crippen molar-refractivity contribution in [2.75, 3.05) is 9.77 Å². The first-order chi connectivity index (χ1) is 31.7. The molecule has 10 nitrogen and oxygen atoms in total. The van der Waals surface area contributed by atoms with Crippen LogP contribution in [0.25, 0.3) is 0 Å². The number of carbonyl (C=O) groups is 6. The quantitative estimate of drug-likeness (QED) is 0.103. The van der Waals surface area contributed by atoms with E-state index in [2.05, 4.69) is 22.6 Å². The molecule has 6 fully saturated rings. The fraction of sp³-hybridized carbons (Fsp3) is 0.720. The number of ketones is 2. The van der Waals surface area contributed by atoms with E-state index in [1.165, 1.54) is 31.2 Å². The summed E-state index contributed by atoms with van der Waals surface area (Å²) in [5.74, 6) is -6.06. The zero-order valence-corrected chi connectivity index (χ0v) is 43.3. The molecule has 0 aromatic rings. The summed E-state index contributed by atoms with van der Waals surface area (Å²) in [4.78, 5) is 75.9. The van der Waals surface area contributed by atoms with E-state index in [0.717, 1.165) is 23.9 Å². The second-order valence-corrected chi connectivity index (χ2v) is 24.8. The average molecular weight is 1110 g/mol. The molecular formula is C50H62F5IO10S2. The van der Waals surface area contributed by atoms with Crippen molar-refractivity contribution in [1.29, 1.82) is 0 Å². The molecular weight excluding hydrogens is 1050 g/mol. The van der Waals surface area contributed by atoms with Gasteiger partial charge in [-0.2, -0.15) is 0 Å². The van der Waals surface area contributed by atoms with Gasteiger partial charge in [-0.15, -0.1) is 0 Å². The van der Waals surface area contributed by atoms with Crippen molar-refractivity contribution < 1.29 is 70.4 Å². The van der Waals surface area contributed by atoms with Gasteiger partial charge in [0, 0.05) is 58.2 Å². The number of hydrogen-bond donors (Lipinski definition) is 2. The Bertz CT molecular complexity index is 2130. The number of allylic oxidation sites excluding steroid dienone is 8. The zero-order chi connectivity index (χ0) is 50.5. The van der Waals surface area contributed by atoms with Crippen molar-refractivity contribution in [2.24, 2.45) is 57.2 Å². The van der Waals surface area contributed by atoms with Gasteiger partial charge in [0.1, 0.15) is 18.3 Å². The van der Waals surface area contributed by atoms with Crippen molar-refractivity contribution in [2.45, 2.75) is 154 Å². The molecule has 0 saturated heterocycles. The van der Waals surface area contributed by atoms with Crippen LogP contribution >= 0.6 is 46.1 Å². The van der Waals surface area contributed by atoms with Gasteiger partial charge in [0.15, 0.2) is 34.1 Å². The minimum atomic E-state index is -2.30. The standard InChI is InChI=1S/C25H31F3O5S.C25H31F2IO5S/c1-5-20(31)33-25(21(32)34-12-26)13(2)8-15-16-10-18(27)17-9-14(29)6-7-22(17,3)24(16,28)19(30)11-23(15,25)4;1-5-20(31)33-25(21(32)34-12-28)13(2)8-15-16-10-18(26)17-9-14(29)6-7-22(17,3)24(16,27)19(30)11-23(15,25)4/h2*6-7,9,13,15-16,18-19,30H,5,8,10-12H2,1-4H3/t2*13-,15+,16?,18+,19+,22+,23+,24+,25+/m11/s1. The van der Waals surface area contributed by atoms with E-state index in [9.17, 15) is 43.4 Å². The molecule has 0 amide bonds. The van der Waals surface area contributed by atoms with Crippen LogP contribution in [0.2, 0.25) is 0 Å². The lowest BCUT2D eigenvalue weighted by Gasteiger charge is -2.63. The molecule has 0 radical (unpaired) electrons. The van der Waals surface area contributed by atoms with E-state index in [1.54, 1.807) is 41.5 Å². The van der Waals surface area contributed by atoms with Gasteiger partial charge in [-0.1, -0.05) is 88.0 Å². The second-order valence-electron chi connectivity index (χ2n) is 21.2. The lowest BCUT2D eigenvalue weighted by atomic mass is 9.44. The number of alkyl halides is 6. The first-order valence-electron chi connectivity index (χ1n) is 23.5. The van der Waals surface area contributed by atoms with E-state index in [-0.39, 0.29) is 61.2 Å². The third-order valence-electron chi connectivity index (χ3n) is 18.4. The normalized spacial score (nSPS) is 47.4. The Kier molecular flexibility index (Phi) is 14.3. The number of ether oxygens (including phenoxy) is 2. The fourth-order valence-corrected chi connectivity index (χ4v) is 17.7. The van der Waals surface area contributed by atoms with Crippen LogP contribution in [-0.4, -0.2) is 101 Å². The number of fused-ring (bicyclic) bond motifs is 10. The third kappa shape index (κ3) is 7.08. The molecule has 0 aromatic heterocycles. The molecule has 6 saturated carbocycles. The van der Waals surface area contributed by atoms with Crippen LogP contribution in [0.3, 0.4) is 0 Å². The van der Waals surface area contributed by atoms with E-state index < -0.39 is 139 Å². The Labute approximate surface area is 416 Å². The van der Waals surface area contributed by atoms with Crippen molar-refractivity contribution in [3.63, 3.8) is 0 Å². The Morgan fingerprint density at radius 2 is 1.04 bits per heavy atom. The summed E-state index contributed by atoms with van der Waals surface area (Å²) >= 11 is 3.51. The number of hydrogen-bond acceptors (Lipinski definition) is 12. The maximum Gasteiger partial charge on any atom is 0.306 e. The maximum atomic E-state index is 17.3. The average Bonchev–Trinajstić information content (AvgIpc) is 3.63. The molecule has 2 unspecified atom stereocenters. The number of halogens is 6. The van der Waals surface area contributed by atoms with E-state index in [0.29, 0.717) is 21.9 Å². The zero-order valence-electron chi connectivity index (χ0n) is 39.6. The van der Waals surface area contributed by atoms with Gasteiger partial charge in [0.05, 0.1) is 16.0 Å². The van der Waals surface area contributed by atoms with E-state index in [1.807, 2.05) is 6.92 Å². The van der Waals surface area contributed by atoms with Gasteiger partial charge >= 0.3 is 11.9 Å². The number of rotatable bonds is 8. The van der Waals surface area contributed by atoms with E-state index >= 15 is 17.6 Å². The van der Waals surface area contributed by atoms with Crippen LogP contribution in [-0.2, 0) is 38.2 Å². The smallest absolute Gasteiger partial charge is 0.306 e. The Morgan fingerprint density at radius 1 is 0.676 bits per heavy atom. The van der Waals surface area contributed by atoms with Gasteiger partial charge in [0.2, 0.25) is 10.2 Å². The van der Waals surface area contributed by atoms with Crippen LogP contribution < -0.4 is 0 Å². The van der Waals surface area contributed by atoms with Crippen molar-refractivity contribution in [3.05, 3.63) is 47.6 Å². The molecule has 0 heterocycles. The minimum Gasteiger partial charge on any atom is -0.449 e. The lowest BCUT2D eigenvalue weighted by Crippen LogP contribution is -2.70. The van der Waals surface area contributed by atoms with Crippen molar-refractivity contribution >= 4 is 79.9 Å². The number of carbonyl (C=O) groups excluding carboxylic acids is 6. The number of aliphatic hydroxyl groups is 2. The van der Waals surface area contributed by atoms with Crippen LogP contribution in [0.15, 0.2) is 47.6 Å². The Balaban J connectivity index is 0.000000201. The summed E-state index contributed by atoms with van der Waals surface area (Å²) in [7, 11) is 0. The lowest BCUT2D eigenvalue weighted by molar-refractivity contribution is -0.228. The first kappa shape index (κ1) is 53.4. The number of esters is 2. The SMILES string of the molecule is CCC(=O)O[C@]1(C(=O)SCF)[C@H](C)C[C@H]2C3C[C@H](F)C4=CC(=O)C=C[C@]4(C)[C@@]3(F)[C@@H](O)C[C@@]21C.CCC(=O)O[C@]1(C(=O)SCI)[C@H](C)C[C@H]2C3C[C@H](F)C4=CC(=O)C=C[C@]4(C)[C@@]3(F)[C@@H](O)C[C@@]21C. The summed E-state index contributed by atoms with van der Waals surface area (Å²) in [5.41, 5.74) is -13.1. The molecule has 8 aliphatic carbocycles. The first-order valence-corrected chi connectivity index (χ1v) is 27.0. The highest BCUT2D eigenvalue weighted by Crippen LogP contribution is 2.74. The van der Waals surface area contributed by atoms with Gasteiger partial charge in [-0.3, -0.25) is 28.8 Å². The molecule has 0 spiro atoms. The van der Waals surface area contributed by atoms with Crippen LogP contribution in [0.4, 0.5) is 22.0 Å². The molecule has 376 valence electrons. The van der Waals surface area contributed by atoms with Crippen molar-refractivity contribution in [1.82, 2.24) is 0 Å². The molecule has 18 atom stereocenters. The molecule has 0 aromatic carbocycles. The second kappa shape index (κ2) is 18.3. The molecule has 68 heavy (non-hydrogen) atoms. The Hall–Kier alpha value is -2.42. The molecule has 2 N–H and O–H groups in total. The fourth-order valence-electron chi connectivity index (χ4n) is 15.3. The molecule has 0 aliphatic heterocycles. The van der Waals surface area contributed by atoms with Crippen LogP contribution in [0.5, 0.6) is 0 Å². The largest absolute Gasteiger partial charge is 0.449 e. The summed E-state index contributed by atoms with van der Waals surface area (Å²) < 4.78 is 91.1. The highest BCUT2D eigenvalue weighted by Gasteiger charge is 2.80. The third-order valence-corrected chi connectivity index (χ3v) is 20.7.